The lowest BCUT2D eigenvalue weighted by Crippen LogP contribution is -2.28. The smallest absolute Gasteiger partial charge is 0.0700 e. The maximum absolute atomic E-state index is 6.14. The lowest BCUT2D eigenvalue weighted by molar-refractivity contribution is 0.108. The van der Waals surface area contributed by atoms with Crippen LogP contribution in [0.25, 0.3) is 0 Å². The fourth-order valence-corrected chi connectivity index (χ4v) is 2.35. The van der Waals surface area contributed by atoms with E-state index >= 15 is 0 Å². The third-order valence-corrected chi connectivity index (χ3v) is 3.39. The van der Waals surface area contributed by atoms with Gasteiger partial charge in [0.1, 0.15) is 0 Å². The standard InChI is InChI=1S/C13H18ClNO/c1-10(12-6-2-3-7-13(12)14)15-9-11-5-4-8-16-11/h2-3,6-7,10-11,15H,4-5,8-9H2,1H3/t10-,11?/m1/s1. The first kappa shape index (κ1) is 11.9. The molecular weight excluding hydrogens is 222 g/mol. The highest BCUT2D eigenvalue weighted by atomic mass is 35.5. The lowest BCUT2D eigenvalue weighted by Gasteiger charge is -2.18. The first-order valence-corrected chi connectivity index (χ1v) is 6.24. The van der Waals surface area contributed by atoms with Crippen molar-refractivity contribution in [2.75, 3.05) is 13.2 Å². The van der Waals surface area contributed by atoms with Crippen LogP contribution in [0.15, 0.2) is 24.3 Å². The molecule has 1 heterocycles. The van der Waals surface area contributed by atoms with Gasteiger partial charge >= 0.3 is 0 Å². The molecule has 0 spiro atoms. The highest BCUT2D eigenvalue weighted by Gasteiger charge is 2.16. The molecule has 1 aromatic carbocycles. The van der Waals surface area contributed by atoms with Crippen LogP contribution >= 0.6 is 11.6 Å². The van der Waals surface area contributed by atoms with Crippen molar-refractivity contribution in [2.24, 2.45) is 0 Å². The van der Waals surface area contributed by atoms with E-state index < -0.39 is 0 Å². The minimum atomic E-state index is 0.276. The Hall–Kier alpha value is -0.570. The van der Waals surface area contributed by atoms with Crippen LogP contribution in [0, 0.1) is 0 Å². The maximum Gasteiger partial charge on any atom is 0.0700 e. The summed E-state index contributed by atoms with van der Waals surface area (Å²) >= 11 is 6.14. The van der Waals surface area contributed by atoms with Crippen LogP contribution in [0.2, 0.25) is 5.02 Å². The van der Waals surface area contributed by atoms with Crippen LogP contribution in [0.4, 0.5) is 0 Å². The summed E-state index contributed by atoms with van der Waals surface area (Å²) in [5.41, 5.74) is 1.15. The summed E-state index contributed by atoms with van der Waals surface area (Å²) in [4.78, 5) is 0. The Kier molecular flexibility index (Phi) is 4.22. The number of benzene rings is 1. The van der Waals surface area contributed by atoms with Gasteiger partial charge in [0.2, 0.25) is 0 Å². The molecule has 0 aromatic heterocycles. The molecule has 1 aromatic rings. The number of rotatable bonds is 4. The summed E-state index contributed by atoms with van der Waals surface area (Å²) < 4.78 is 5.57. The second kappa shape index (κ2) is 5.67. The van der Waals surface area contributed by atoms with Gasteiger partial charge < -0.3 is 10.1 Å². The quantitative estimate of drug-likeness (QED) is 0.872. The Morgan fingerprint density at radius 1 is 1.50 bits per heavy atom. The number of nitrogens with one attached hydrogen (secondary N) is 1. The third kappa shape index (κ3) is 2.97. The maximum atomic E-state index is 6.14. The zero-order chi connectivity index (χ0) is 11.4. The van der Waals surface area contributed by atoms with Crippen molar-refractivity contribution in [1.29, 1.82) is 0 Å². The molecule has 88 valence electrons. The van der Waals surface area contributed by atoms with Gasteiger partial charge in [-0.1, -0.05) is 29.8 Å². The van der Waals surface area contributed by atoms with E-state index in [1.165, 1.54) is 12.8 Å². The predicted octanol–water partition coefficient (Wildman–Crippen LogP) is 3.17. The summed E-state index contributed by atoms with van der Waals surface area (Å²) in [6.45, 7) is 3.95. The minimum absolute atomic E-state index is 0.276. The first-order valence-electron chi connectivity index (χ1n) is 5.87. The van der Waals surface area contributed by atoms with Crippen molar-refractivity contribution >= 4 is 11.6 Å². The van der Waals surface area contributed by atoms with E-state index in [0.29, 0.717) is 6.10 Å². The molecule has 1 unspecified atom stereocenters. The number of ether oxygens (including phenoxy) is 1. The average molecular weight is 240 g/mol. The number of hydrogen-bond donors (Lipinski definition) is 1. The predicted molar refractivity (Wildman–Crippen MR) is 66.8 cm³/mol. The summed E-state index contributed by atoms with van der Waals surface area (Å²) in [6.07, 6.45) is 2.74. The van der Waals surface area contributed by atoms with Gasteiger partial charge in [-0.05, 0) is 31.4 Å². The highest BCUT2D eigenvalue weighted by Crippen LogP contribution is 2.22. The molecule has 3 heteroatoms. The molecule has 2 atom stereocenters. The van der Waals surface area contributed by atoms with E-state index in [0.717, 1.165) is 23.7 Å². The van der Waals surface area contributed by atoms with E-state index in [9.17, 15) is 0 Å². The fourth-order valence-electron chi connectivity index (χ4n) is 2.05. The molecule has 0 radical (unpaired) electrons. The van der Waals surface area contributed by atoms with Gasteiger partial charge in [0.25, 0.3) is 0 Å². The van der Waals surface area contributed by atoms with E-state index in [2.05, 4.69) is 18.3 Å². The summed E-state index contributed by atoms with van der Waals surface area (Å²) in [6, 6.07) is 8.25. The molecule has 16 heavy (non-hydrogen) atoms. The second-order valence-electron chi connectivity index (χ2n) is 4.29. The molecule has 2 nitrogen and oxygen atoms in total. The van der Waals surface area contributed by atoms with E-state index in [1.807, 2.05) is 18.2 Å². The van der Waals surface area contributed by atoms with Crippen molar-refractivity contribution in [3.8, 4) is 0 Å². The SMILES string of the molecule is C[C@@H](NCC1CCCO1)c1ccccc1Cl. The number of halogens is 1. The molecule has 0 amide bonds. The molecule has 2 rings (SSSR count). The van der Waals surface area contributed by atoms with Crippen molar-refractivity contribution in [2.45, 2.75) is 31.9 Å². The Morgan fingerprint density at radius 2 is 2.31 bits per heavy atom. The largest absolute Gasteiger partial charge is 0.377 e. The lowest BCUT2D eigenvalue weighted by atomic mass is 10.1. The van der Waals surface area contributed by atoms with Crippen molar-refractivity contribution in [1.82, 2.24) is 5.32 Å². The van der Waals surface area contributed by atoms with Crippen molar-refractivity contribution < 1.29 is 4.74 Å². The molecule has 1 saturated heterocycles. The van der Waals surface area contributed by atoms with Crippen molar-refractivity contribution in [3.05, 3.63) is 34.9 Å². The normalized spacial score (nSPS) is 22.2. The summed E-state index contributed by atoms with van der Waals surface area (Å²) in [5.74, 6) is 0. The summed E-state index contributed by atoms with van der Waals surface area (Å²) in [7, 11) is 0. The monoisotopic (exact) mass is 239 g/mol. The van der Waals surface area contributed by atoms with E-state index in [1.54, 1.807) is 0 Å². The van der Waals surface area contributed by atoms with Gasteiger partial charge in [-0.15, -0.1) is 0 Å². The zero-order valence-corrected chi connectivity index (χ0v) is 10.3. The van der Waals surface area contributed by atoms with E-state index in [4.69, 9.17) is 16.3 Å². The Bertz CT molecular complexity index is 336. The van der Waals surface area contributed by atoms with Gasteiger partial charge in [-0.2, -0.15) is 0 Å². The van der Waals surface area contributed by atoms with Crippen LogP contribution in [-0.4, -0.2) is 19.3 Å². The van der Waals surface area contributed by atoms with Gasteiger partial charge in [0.05, 0.1) is 6.10 Å². The van der Waals surface area contributed by atoms with Crippen LogP contribution in [-0.2, 0) is 4.74 Å². The highest BCUT2D eigenvalue weighted by molar-refractivity contribution is 6.31. The van der Waals surface area contributed by atoms with Crippen LogP contribution < -0.4 is 5.32 Å². The van der Waals surface area contributed by atoms with Crippen molar-refractivity contribution in [3.63, 3.8) is 0 Å². The molecule has 0 saturated carbocycles. The Morgan fingerprint density at radius 3 is 3.00 bits per heavy atom. The van der Waals surface area contributed by atoms with Gasteiger partial charge in [-0.25, -0.2) is 0 Å². The van der Waals surface area contributed by atoms with Gasteiger partial charge in [0.15, 0.2) is 0 Å². The molecule has 1 aliphatic rings. The zero-order valence-electron chi connectivity index (χ0n) is 9.58. The van der Waals surface area contributed by atoms with Gasteiger partial charge in [0, 0.05) is 24.2 Å². The van der Waals surface area contributed by atoms with E-state index in [-0.39, 0.29) is 6.04 Å². The Balaban J connectivity index is 1.87. The molecule has 0 bridgehead atoms. The summed E-state index contributed by atoms with van der Waals surface area (Å²) in [5, 5.41) is 4.30. The van der Waals surface area contributed by atoms with Gasteiger partial charge in [-0.3, -0.25) is 0 Å². The fraction of sp³-hybridized carbons (Fsp3) is 0.538. The Labute approximate surface area is 102 Å². The van der Waals surface area contributed by atoms with Crippen LogP contribution in [0.3, 0.4) is 0 Å². The van der Waals surface area contributed by atoms with Crippen LogP contribution in [0.5, 0.6) is 0 Å². The molecule has 0 aliphatic carbocycles. The third-order valence-electron chi connectivity index (χ3n) is 3.05. The number of hydrogen-bond acceptors (Lipinski definition) is 2. The first-order chi connectivity index (χ1) is 7.77. The van der Waals surface area contributed by atoms with Crippen LogP contribution in [0.1, 0.15) is 31.4 Å². The topological polar surface area (TPSA) is 21.3 Å². The average Bonchev–Trinajstić information content (AvgIpc) is 2.79. The minimum Gasteiger partial charge on any atom is -0.377 e. The second-order valence-corrected chi connectivity index (χ2v) is 4.69. The molecule has 1 N–H and O–H groups in total. The molecule has 1 aliphatic heterocycles. The molecular formula is C13H18ClNO. The molecule has 1 fully saturated rings.